The van der Waals surface area contributed by atoms with Crippen molar-refractivity contribution in [2.24, 2.45) is 0 Å². The number of imidazole rings is 1. The van der Waals surface area contributed by atoms with E-state index in [0.717, 1.165) is 23.3 Å². The Morgan fingerprint density at radius 1 is 1.22 bits per heavy atom. The Balaban J connectivity index is 2.16. The highest BCUT2D eigenvalue weighted by molar-refractivity contribution is 5.78. The van der Waals surface area contributed by atoms with Crippen molar-refractivity contribution in [2.75, 3.05) is 13.7 Å². The highest BCUT2D eigenvalue weighted by atomic mass is 16.5. The first kappa shape index (κ1) is 15.3. The average Bonchev–Trinajstić information content (AvgIpc) is 2.97. The van der Waals surface area contributed by atoms with Crippen molar-refractivity contribution in [1.82, 2.24) is 9.55 Å². The molecule has 0 amide bonds. The van der Waals surface area contributed by atoms with Crippen molar-refractivity contribution < 1.29 is 4.74 Å². The third-order valence-electron chi connectivity index (χ3n) is 4.09. The van der Waals surface area contributed by atoms with Crippen molar-refractivity contribution in [2.45, 2.75) is 19.4 Å². The van der Waals surface area contributed by atoms with Gasteiger partial charge in [0.1, 0.15) is 5.82 Å². The molecule has 3 aromatic rings. The van der Waals surface area contributed by atoms with Crippen LogP contribution in [0.3, 0.4) is 0 Å². The summed E-state index contributed by atoms with van der Waals surface area (Å²) in [5, 5.41) is 9.19. The number of hydrogen-bond donors (Lipinski definition) is 0. The van der Waals surface area contributed by atoms with Gasteiger partial charge in [-0.05, 0) is 30.7 Å². The smallest absolute Gasteiger partial charge is 0.112 e. The predicted octanol–water partition coefficient (Wildman–Crippen LogP) is 3.71. The van der Waals surface area contributed by atoms with E-state index in [4.69, 9.17) is 9.72 Å². The Bertz CT molecular complexity index is 846. The molecule has 0 radical (unpaired) electrons. The fraction of sp³-hybridized carbons (Fsp3) is 0.263. The number of hydrogen-bond acceptors (Lipinski definition) is 3. The highest BCUT2D eigenvalue weighted by Crippen LogP contribution is 2.27. The summed E-state index contributed by atoms with van der Waals surface area (Å²) in [6.07, 6.45) is 0.740. The molecule has 0 saturated carbocycles. The molecule has 0 bridgehead atoms. The van der Waals surface area contributed by atoms with Crippen LogP contribution in [0.5, 0.6) is 0 Å². The number of ether oxygens (including phenoxy) is 1. The van der Waals surface area contributed by atoms with Crippen molar-refractivity contribution in [3.05, 3.63) is 65.5 Å². The van der Waals surface area contributed by atoms with Crippen LogP contribution in [0.4, 0.5) is 0 Å². The van der Waals surface area contributed by atoms with Crippen LogP contribution in [0.25, 0.3) is 11.0 Å². The Morgan fingerprint density at radius 2 is 2.00 bits per heavy atom. The summed E-state index contributed by atoms with van der Waals surface area (Å²) in [5.41, 5.74) is 3.77. The lowest BCUT2D eigenvalue weighted by molar-refractivity contribution is 0.199. The molecule has 2 aromatic carbocycles. The molecule has 0 aliphatic rings. The van der Waals surface area contributed by atoms with Gasteiger partial charge in [0, 0.05) is 13.5 Å². The zero-order valence-corrected chi connectivity index (χ0v) is 13.4. The van der Waals surface area contributed by atoms with Gasteiger partial charge in [-0.25, -0.2) is 4.98 Å². The maximum absolute atomic E-state index is 9.19. The van der Waals surface area contributed by atoms with Crippen LogP contribution in [0, 0.1) is 11.3 Å². The number of fused-ring (bicyclic) bond motifs is 1. The largest absolute Gasteiger partial charge is 0.384 e. The molecule has 0 aliphatic carbocycles. The summed E-state index contributed by atoms with van der Waals surface area (Å²) in [6.45, 7) is 2.78. The Labute approximate surface area is 136 Å². The van der Waals surface area contributed by atoms with Gasteiger partial charge in [0.05, 0.1) is 35.3 Å². The summed E-state index contributed by atoms with van der Waals surface area (Å²) in [4.78, 5) is 4.75. The standard InChI is InChI=1S/C19H19N3O/c1-14(16-6-4-3-5-7-16)22-18-12-15(13-20)8-9-17(18)21-19(22)10-11-23-2/h3-9,12,14H,10-11H2,1-2H3/t14-/m1/s1. The molecular weight excluding hydrogens is 286 g/mol. The highest BCUT2D eigenvalue weighted by Gasteiger charge is 2.17. The number of nitriles is 1. The predicted molar refractivity (Wildman–Crippen MR) is 90.3 cm³/mol. The third-order valence-corrected chi connectivity index (χ3v) is 4.09. The van der Waals surface area contributed by atoms with E-state index in [1.807, 2.05) is 36.4 Å². The summed E-state index contributed by atoms with van der Waals surface area (Å²) < 4.78 is 7.43. The normalized spacial score (nSPS) is 12.2. The molecule has 4 nitrogen and oxygen atoms in total. The number of aromatic nitrogens is 2. The van der Waals surface area contributed by atoms with Crippen molar-refractivity contribution in [3.63, 3.8) is 0 Å². The summed E-state index contributed by atoms with van der Waals surface area (Å²) >= 11 is 0. The van der Waals surface area contributed by atoms with Gasteiger partial charge in [-0.15, -0.1) is 0 Å². The van der Waals surface area contributed by atoms with Crippen LogP contribution in [-0.2, 0) is 11.2 Å². The Hall–Kier alpha value is -2.64. The molecule has 116 valence electrons. The van der Waals surface area contributed by atoms with Gasteiger partial charge < -0.3 is 9.30 Å². The summed E-state index contributed by atoms with van der Waals surface area (Å²) in [7, 11) is 1.70. The molecule has 1 atom stereocenters. The van der Waals surface area contributed by atoms with E-state index in [2.05, 4.69) is 29.7 Å². The van der Waals surface area contributed by atoms with E-state index >= 15 is 0 Å². The van der Waals surface area contributed by atoms with E-state index in [1.165, 1.54) is 5.56 Å². The molecule has 1 aromatic heterocycles. The van der Waals surface area contributed by atoms with E-state index in [1.54, 1.807) is 7.11 Å². The summed E-state index contributed by atoms with van der Waals surface area (Å²) in [6, 6.07) is 18.3. The Kier molecular flexibility index (Phi) is 4.40. The summed E-state index contributed by atoms with van der Waals surface area (Å²) in [5.74, 6) is 0.980. The Morgan fingerprint density at radius 3 is 2.70 bits per heavy atom. The first-order chi connectivity index (χ1) is 11.2. The minimum atomic E-state index is 0.141. The molecule has 0 unspecified atom stereocenters. The fourth-order valence-corrected chi connectivity index (χ4v) is 2.89. The lowest BCUT2D eigenvalue weighted by Crippen LogP contribution is -2.12. The van der Waals surface area contributed by atoms with Crippen molar-refractivity contribution in [3.8, 4) is 6.07 Å². The van der Waals surface area contributed by atoms with Crippen LogP contribution in [0.15, 0.2) is 48.5 Å². The van der Waals surface area contributed by atoms with Gasteiger partial charge in [0.25, 0.3) is 0 Å². The molecule has 0 fully saturated rings. The maximum Gasteiger partial charge on any atom is 0.112 e. The second kappa shape index (κ2) is 6.64. The quantitative estimate of drug-likeness (QED) is 0.722. The van der Waals surface area contributed by atoms with E-state index < -0.39 is 0 Å². The number of nitrogens with zero attached hydrogens (tertiary/aromatic N) is 3. The fourth-order valence-electron chi connectivity index (χ4n) is 2.89. The molecule has 1 heterocycles. The molecule has 3 rings (SSSR count). The zero-order valence-electron chi connectivity index (χ0n) is 13.4. The first-order valence-corrected chi connectivity index (χ1v) is 7.69. The second-order valence-corrected chi connectivity index (χ2v) is 5.54. The van der Waals surface area contributed by atoms with Gasteiger partial charge >= 0.3 is 0 Å². The van der Waals surface area contributed by atoms with Crippen LogP contribution < -0.4 is 0 Å². The number of benzene rings is 2. The van der Waals surface area contributed by atoms with Gasteiger partial charge in [0.15, 0.2) is 0 Å². The minimum Gasteiger partial charge on any atom is -0.384 e. The topological polar surface area (TPSA) is 50.8 Å². The molecule has 0 aliphatic heterocycles. The molecular formula is C19H19N3O. The maximum atomic E-state index is 9.19. The van der Waals surface area contributed by atoms with Gasteiger partial charge in [-0.1, -0.05) is 30.3 Å². The van der Waals surface area contributed by atoms with Crippen LogP contribution >= 0.6 is 0 Å². The lowest BCUT2D eigenvalue weighted by Gasteiger charge is -2.18. The van der Waals surface area contributed by atoms with Crippen molar-refractivity contribution >= 4 is 11.0 Å². The van der Waals surface area contributed by atoms with E-state index in [-0.39, 0.29) is 6.04 Å². The molecule has 0 spiro atoms. The average molecular weight is 305 g/mol. The zero-order chi connectivity index (χ0) is 16.2. The third kappa shape index (κ3) is 2.96. The minimum absolute atomic E-state index is 0.141. The van der Waals surface area contributed by atoms with Crippen LogP contribution in [0.1, 0.15) is 29.9 Å². The molecule has 0 N–H and O–H groups in total. The van der Waals surface area contributed by atoms with Crippen LogP contribution in [0.2, 0.25) is 0 Å². The van der Waals surface area contributed by atoms with E-state index in [9.17, 15) is 5.26 Å². The van der Waals surface area contributed by atoms with Crippen LogP contribution in [-0.4, -0.2) is 23.3 Å². The monoisotopic (exact) mass is 305 g/mol. The number of rotatable bonds is 5. The van der Waals surface area contributed by atoms with Gasteiger partial charge in [-0.3, -0.25) is 0 Å². The van der Waals surface area contributed by atoms with Gasteiger partial charge in [-0.2, -0.15) is 5.26 Å². The second-order valence-electron chi connectivity index (χ2n) is 5.54. The molecule has 23 heavy (non-hydrogen) atoms. The SMILES string of the molecule is COCCc1nc2ccc(C#N)cc2n1[C@H](C)c1ccccc1. The lowest BCUT2D eigenvalue weighted by atomic mass is 10.1. The van der Waals surface area contributed by atoms with Crippen molar-refractivity contribution in [1.29, 1.82) is 5.26 Å². The first-order valence-electron chi connectivity index (χ1n) is 7.69. The van der Waals surface area contributed by atoms with E-state index in [0.29, 0.717) is 12.2 Å². The molecule has 4 heteroatoms. The number of methoxy groups -OCH3 is 1. The molecule has 0 saturated heterocycles. The van der Waals surface area contributed by atoms with Gasteiger partial charge in [0.2, 0.25) is 0 Å².